The molecule has 0 bridgehead atoms. The van der Waals surface area contributed by atoms with E-state index < -0.39 is 20.9 Å². The summed E-state index contributed by atoms with van der Waals surface area (Å²) in [6.45, 7) is 4.33. The molecule has 13 heteroatoms. The second-order valence-corrected chi connectivity index (χ2v) is 10.5. The van der Waals surface area contributed by atoms with E-state index in [-0.39, 0.29) is 29.2 Å². The largest absolute Gasteiger partial charge is 0.380 e. The summed E-state index contributed by atoms with van der Waals surface area (Å²) in [5.74, 6) is -0.550. The molecular weight excluding hydrogens is 496 g/mol. The minimum atomic E-state index is -3.67. The molecule has 186 valence electrons. The molecule has 0 saturated carbocycles. The molecule has 1 aliphatic rings. The highest BCUT2D eigenvalue weighted by Gasteiger charge is 2.26. The van der Waals surface area contributed by atoms with Gasteiger partial charge in [-0.2, -0.15) is 9.30 Å². The van der Waals surface area contributed by atoms with Gasteiger partial charge in [0.05, 0.1) is 39.9 Å². The molecule has 2 heterocycles. The van der Waals surface area contributed by atoms with Crippen molar-refractivity contribution in [2.24, 2.45) is 4.99 Å². The maximum absolute atomic E-state index is 12.9. The smallest absolute Gasteiger partial charge is 0.279 e. The van der Waals surface area contributed by atoms with E-state index in [1.54, 1.807) is 10.6 Å². The topological polar surface area (TPSA) is 133 Å². The number of fused-ring (bicyclic) bond motifs is 1. The molecule has 1 aromatic heterocycles. The van der Waals surface area contributed by atoms with Crippen molar-refractivity contribution in [2.75, 3.05) is 39.5 Å². The number of amides is 1. The fourth-order valence-corrected chi connectivity index (χ4v) is 6.07. The van der Waals surface area contributed by atoms with Crippen LogP contribution in [0, 0.1) is 10.1 Å². The van der Waals surface area contributed by atoms with Crippen LogP contribution >= 0.6 is 11.3 Å². The second-order valence-electron chi connectivity index (χ2n) is 7.60. The molecule has 0 atom stereocenters. The monoisotopic (exact) mass is 520 g/mol. The molecule has 1 saturated heterocycles. The SMILES string of the molecule is CCOCCn1c(=NC(=O)c2ccc(S(=O)(=O)N3CCOCC3)cc2)sc2ccc([N+](=O)[O-])cc21. The van der Waals surface area contributed by atoms with E-state index >= 15 is 0 Å². The van der Waals surface area contributed by atoms with Crippen LogP contribution in [0.4, 0.5) is 5.69 Å². The lowest BCUT2D eigenvalue weighted by Gasteiger charge is -2.26. The number of benzene rings is 2. The van der Waals surface area contributed by atoms with E-state index in [9.17, 15) is 23.3 Å². The minimum Gasteiger partial charge on any atom is -0.380 e. The molecule has 11 nitrogen and oxygen atoms in total. The fraction of sp³-hybridized carbons (Fsp3) is 0.364. The third-order valence-corrected chi connectivity index (χ3v) is 8.42. The van der Waals surface area contributed by atoms with Gasteiger partial charge >= 0.3 is 0 Å². The van der Waals surface area contributed by atoms with Crippen LogP contribution in [-0.4, -0.2) is 67.6 Å². The van der Waals surface area contributed by atoms with Crippen LogP contribution in [0.5, 0.6) is 0 Å². The lowest BCUT2D eigenvalue weighted by molar-refractivity contribution is -0.384. The summed E-state index contributed by atoms with van der Waals surface area (Å²) in [6.07, 6.45) is 0. The molecule has 2 aromatic carbocycles. The number of thiazole rings is 1. The molecule has 3 aromatic rings. The second kappa shape index (κ2) is 10.7. The van der Waals surface area contributed by atoms with Gasteiger partial charge in [0.25, 0.3) is 11.6 Å². The zero-order valence-corrected chi connectivity index (χ0v) is 20.6. The molecule has 35 heavy (non-hydrogen) atoms. The summed E-state index contributed by atoms with van der Waals surface area (Å²) < 4.78 is 40.1. The van der Waals surface area contributed by atoms with Crippen LogP contribution in [0.25, 0.3) is 10.2 Å². The Hall–Kier alpha value is -2.97. The number of rotatable bonds is 8. The van der Waals surface area contributed by atoms with Crippen molar-refractivity contribution in [1.29, 1.82) is 0 Å². The van der Waals surface area contributed by atoms with E-state index in [0.717, 1.165) is 4.70 Å². The predicted octanol–water partition coefficient (Wildman–Crippen LogP) is 2.41. The first-order chi connectivity index (χ1) is 16.8. The normalized spacial score (nSPS) is 15.5. The van der Waals surface area contributed by atoms with Crippen LogP contribution in [0.1, 0.15) is 17.3 Å². The fourth-order valence-electron chi connectivity index (χ4n) is 3.63. The number of morpholine rings is 1. The van der Waals surface area contributed by atoms with Crippen molar-refractivity contribution in [3.63, 3.8) is 0 Å². The molecule has 1 amide bonds. The Labute approximate surface area is 205 Å². The summed E-state index contributed by atoms with van der Waals surface area (Å²) in [4.78, 5) is 28.4. The first kappa shape index (κ1) is 25.1. The molecule has 1 fully saturated rings. The Morgan fingerprint density at radius 3 is 2.57 bits per heavy atom. The third-order valence-electron chi connectivity index (χ3n) is 5.45. The van der Waals surface area contributed by atoms with Crippen molar-refractivity contribution in [3.8, 4) is 0 Å². The number of sulfonamides is 1. The number of nitro groups is 1. The van der Waals surface area contributed by atoms with Crippen molar-refractivity contribution < 1.29 is 27.6 Å². The van der Waals surface area contributed by atoms with Gasteiger partial charge < -0.3 is 14.0 Å². The third kappa shape index (κ3) is 5.49. The van der Waals surface area contributed by atoms with Crippen LogP contribution in [0.15, 0.2) is 52.4 Å². The van der Waals surface area contributed by atoms with Crippen molar-refractivity contribution in [3.05, 3.63) is 62.9 Å². The maximum atomic E-state index is 12.9. The van der Waals surface area contributed by atoms with Crippen LogP contribution in [-0.2, 0) is 26.0 Å². The van der Waals surface area contributed by atoms with Gasteiger partial charge in [0.15, 0.2) is 4.80 Å². The van der Waals surface area contributed by atoms with E-state index in [0.29, 0.717) is 43.3 Å². The van der Waals surface area contributed by atoms with E-state index in [1.807, 2.05) is 6.92 Å². The molecule has 1 aliphatic heterocycles. The average molecular weight is 521 g/mol. The zero-order valence-electron chi connectivity index (χ0n) is 19.0. The quantitative estimate of drug-likeness (QED) is 0.253. The first-order valence-electron chi connectivity index (χ1n) is 10.9. The van der Waals surface area contributed by atoms with Gasteiger partial charge in [0.1, 0.15) is 0 Å². The summed E-state index contributed by atoms with van der Waals surface area (Å²) >= 11 is 1.23. The van der Waals surface area contributed by atoms with Crippen molar-refractivity contribution in [2.45, 2.75) is 18.4 Å². The lowest BCUT2D eigenvalue weighted by atomic mass is 10.2. The van der Waals surface area contributed by atoms with Crippen LogP contribution in [0.3, 0.4) is 0 Å². The van der Waals surface area contributed by atoms with Gasteiger partial charge in [0, 0.05) is 43.9 Å². The van der Waals surface area contributed by atoms with Gasteiger partial charge in [-0.15, -0.1) is 0 Å². The number of carbonyl (C=O) groups is 1. The highest BCUT2D eigenvalue weighted by molar-refractivity contribution is 7.89. The summed E-state index contributed by atoms with van der Waals surface area (Å²) in [7, 11) is -3.67. The number of hydrogen-bond donors (Lipinski definition) is 0. The minimum absolute atomic E-state index is 0.0598. The highest BCUT2D eigenvalue weighted by Crippen LogP contribution is 2.23. The Bertz CT molecular complexity index is 1410. The number of nitrogens with zero attached hydrogens (tertiary/aromatic N) is 4. The number of ether oxygens (including phenoxy) is 2. The molecular formula is C22H24N4O7S2. The molecule has 4 rings (SSSR count). The predicted molar refractivity (Wildman–Crippen MR) is 129 cm³/mol. The van der Waals surface area contributed by atoms with E-state index in [2.05, 4.69) is 4.99 Å². The van der Waals surface area contributed by atoms with Crippen molar-refractivity contribution >= 4 is 43.2 Å². The van der Waals surface area contributed by atoms with Gasteiger partial charge in [-0.25, -0.2) is 8.42 Å². The number of nitro benzene ring substituents is 1. The standard InChI is InChI=1S/C22H24N4O7S2/c1-2-32-14-11-25-19-15-17(26(28)29)5-8-20(19)34-22(25)23-21(27)16-3-6-18(7-4-16)35(30,31)24-9-12-33-13-10-24/h3-8,15H,2,9-14H2,1H3. The molecule has 0 N–H and O–H groups in total. The maximum Gasteiger partial charge on any atom is 0.279 e. The first-order valence-corrected chi connectivity index (χ1v) is 13.2. The molecule has 0 aliphatic carbocycles. The number of non-ortho nitro benzene ring substituents is 1. The highest BCUT2D eigenvalue weighted by atomic mass is 32.2. The Morgan fingerprint density at radius 1 is 1.20 bits per heavy atom. The van der Waals surface area contributed by atoms with E-state index in [4.69, 9.17) is 9.47 Å². The molecule has 0 unspecified atom stereocenters. The van der Waals surface area contributed by atoms with Crippen LogP contribution < -0.4 is 4.80 Å². The number of aromatic nitrogens is 1. The number of hydrogen-bond acceptors (Lipinski definition) is 8. The van der Waals surface area contributed by atoms with Crippen LogP contribution in [0.2, 0.25) is 0 Å². The Morgan fingerprint density at radius 2 is 1.91 bits per heavy atom. The summed E-state index contributed by atoms with van der Waals surface area (Å²) in [5.41, 5.74) is 0.753. The average Bonchev–Trinajstić information content (AvgIpc) is 3.20. The lowest BCUT2D eigenvalue weighted by Crippen LogP contribution is -2.40. The van der Waals surface area contributed by atoms with Crippen molar-refractivity contribution in [1.82, 2.24) is 8.87 Å². The van der Waals surface area contributed by atoms with Gasteiger partial charge in [0.2, 0.25) is 10.0 Å². The zero-order chi connectivity index (χ0) is 25.0. The van der Waals surface area contributed by atoms with Gasteiger partial charge in [-0.1, -0.05) is 11.3 Å². The van der Waals surface area contributed by atoms with Gasteiger partial charge in [-0.05, 0) is 37.3 Å². The summed E-state index contributed by atoms with van der Waals surface area (Å²) in [5, 5.41) is 11.2. The van der Waals surface area contributed by atoms with E-state index in [1.165, 1.54) is 52.0 Å². The van der Waals surface area contributed by atoms with Gasteiger partial charge in [-0.3, -0.25) is 14.9 Å². The Kier molecular flexibility index (Phi) is 7.72. The summed E-state index contributed by atoms with van der Waals surface area (Å²) in [6, 6.07) is 10.1. The Balaban J connectivity index is 1.66. The molecule has 0 radical (unpaired) electrons. The number of carbonyl (C=O) groups excluding carboxylic acids is 1. The molecule has 0 spiro atoms.